The molecule has 0 aliphatic rings. The van der Waals surface area contributed by atoms with Gasteiger partial charge in [0.1, 0.15) is 13.2 Å². The number of carboxylic acids is 1. The summed E-state index contributed by atoms with van der Waals surface area (Å²) in [5.41, 5.74) is 0. The first kappa shape index (κ1) is 71.3. The van der Waals surface area contributed by atoms with Crippen molar-refractivity contribution in [1.82, 2.24) is 0 Å². The summed E-state index contributed by atoms with van der Waals surface area (Å²) < 4.78 is 22.8. The lowest BCUT2D eigenvalue weighted by atomic mass is 10.0. The first-order valence-corrected chi connectivity index (χ1v) is 32.2. The molecule has 0 aromatic rings. The van der Waals surface area contributed by atoms with Crippen molar-refractivity contribution in [2.75, 3.05) is 47.5 Å². The van der Waals surface area contributed by atoms with Crippen LogP contribution in [0.25, 0.3) is 0 Å². The monoisotopic (exact) mass is 1040 g/mol. The average molecular weight is 1040 g/mol. The van der Waals surface area contributed by atoms with Crippen LogP contribution < -0.4 is 5.11 Å². The van der Waals surface area contributed by atoms with Crippen molar-refractivity contribution in [3.63, 3.8) is 0 Å². The lowest BCUT2D eigenvalue weighted by Gasteiger charge is -2.26. The largest absolute Gasteiger partial charge is 0.545 e. The van der Waals surface area contributed by atoms with E-state index < -0.39 is 24.3 Å². The zero-order valence-corrected chi connectivity index (χ0v) is 49.6. The van der Waals surface area contributed by atoms with Crippen LogP contribution >= 0.6 is 0 Å². The lowest BCUT2D eigenvalue weighted by Crippen LogP contribution is -2.44. The van der Waals surface area contributed by atoms with E-state index >= 15 is 0 Å². The highest BCUT2D eigenvalue weighted by Gasteiger charge is 2.22. The standard InChI is InChI=1S/C64H125NO8/c1-6-8-10-12-14-16-18-20-22-24-25-26-27-28-29-30-31-32-33-34-35-36-37-38-39-41-43-45-47-49-51-53-55-62(67)73-60(59-72-64(63(68)69)70-57-56-65(3,4)5)58-71-61(66)54-52-50-48-46-44-42-40-23-21-19-17-15-13-11-9-7-2/h60,64H,6-59H2,1-5H3. The molecule has 73 heavy (non-hydrogen) atoms. The molecule has 0 heterocycles. The van der Waals surface area contributed by atoms with Crippen molar-refractivity contribution in [1.29, 1.82) is 0 Å². The second-order valence-electron chi connectivity index (χ2n) is 23.4. The first-order chi connectivity index (χ1) is 35.6. The summed E-state index contributed by atoms with van der Waals surface area (Å²) in [6.07, 6.45) is 61.8. The number of carbonyl (C=O) groups excluding carboxylic acids is 3. The number of hydrogen-bond donors (Lipinski definition) is 0. The van der Waals surface area contributed by atoms with Gasteiger partial charge >= 0.3 is 11.9 Å². The third-order valence-corrected chi connectivity index (χ3v) is 14.9. The normalized spacial score (nSPS) is 12.6. The smallest absolute Gasteiger partial charge is 0.306 e. The number of hydrogen-bond acceptors (Lipinski definition) is 8. The Morgan fingerprint density at radius 1 is 0.356 bits per heavy atom. The molecule has 0 amide bonds. The van der Waals surface area contributed by atoms with Gasteiger partial charge in [-0.2, -0.15) is 0 Å². The summed E-state index contributed by atoms with van der Waals surface area (Å²) in [6.45, 7) is 4.82. The molecule has 0 saturated heterocycles. The highest BCUT2D eigenvalue weighted by Crippen LogP contribution is 2.19. The van der Waals surface area contributed by atoms with Crippen LogP contribution in [-0.2, 0) is 33.3 Å². The molecule has 0 aromatic heterocycles. The van der Waals surface area contributed by atoms with E-state index in [-0.39, 0.29) is 32.2 Å². The number of unbranched alkanes of at least 4 members (excludes halogenated alkanes) is 46. The van der Waals surface area contributed by atoms with E-state index in [9.17, 15) is 19.5 Å². The molecule has 0 radical (unpaired) electrons. The maximum atomic E-state index is 12.9. The Bertz CT molecular complexity index is 1160. The van der Waals surface area contributed by atoms with Gasteiger partial charge in [0.2, 0.25) is 0 Å². The predicted molar refractivity (Wildman–Crippen MR) is 307 cm³/mol. The summed E-state index contributed by atoms with van der Waals surface area (Å²) in [5, 5.41) is 11.8. The summed E-state index contributed by atoms with van der Waals surface area (Å²) in [6, 6.07) is 0. The number of nitrogens with zero attached hydrogens (tertiary/aromatic N) is 1. The second kappa shape index (κ2) is 56.5. The minimum absolute atomic E-state index is 0.153. The van der Waals surface area contributed by atoms with E-state index in [0.29, 0.717) is 17.4 Å². The van der Waals surface area contributed by atoms with Crippen molar-refractivity contribution in [2.45, 2.75) is 347 Å². The number of likely N-dealkylation sites (N-methyl/N-ethyl adjacent to an activating group) is 1. The minimum atomic E-state index is -1.61. The number of rotatable bonds is 61. The number of esters is 2. The van der Waals surface area contributed by atoms with Gasteiger partial charge in [-0.1, -0.05) is 309 Å². The molecule has 0 rings (SSSR count). The Hall–Kier alpha value is -1.71. The molecule has 0 bridgehead atoms. The van der Waals surface area contributed by atoms with E-state index in [1.54, 1.807) is 0 Å². The van der Waals surface area contributed by atoms with Crippen LogP contribution in [-0.4, -0.2) is 82.3 Å². The molecule has 0 aliphatic heterocycles. The van der Waals surface area contributed by atoms with E-state index in [1.165, 1.54) is 270 Å². The molecule has 0 saturated carbocycles. The molecular weight excluding hydrogens is 911 g/mol. The molecule has 0 aromatic carbocycles. The third kappa shape index (κ3) is 57.8. The van der Waals surface area contributed by atoms with Gasteiger partial charge < -0.3 is 33.3 Å². The fourth-order valence-corrected chi connectivity index (χ4v) is 9.89. The Morgan fingerprint density at radius 3 is 0.877 bits per heavy atom. The van der Waals surface area contributed by atoms with Crippen LogP contribution in [0.2, 0.25) is 0 Å². The molecule has 0 spiro atoms. The topological polar surface area (TPSA) is 111 Å². The first-order valence-electron chi connectivity index (χ1n) is 32.2. The van der Waals surface area contributed by atoms with Crippen LogP contribution in [0.1, 0.15) is 335 Å². The van der Waals surface area contributed by atoms with Gasteiger partial charge in [0.25, 0.3) is 0 Å². The van der Waals surface area contributed by atoms with E-state index in [4.69, 9.17) is 18.9 Å². The molecule has 0 N–H and O–H groups in total. The summed E-state index contributed by atoms with van der Waals surface area (Å²) in [7, 11) is 5.94. The van der Waals surface area contributed by atoms with Gasteiger partial charge in [-0.15, -0.1) is 0 Å². The van der Waals surface area contributed by atoms with Gasteiger partial charge in [-0.05, 0) is 12.8 Å². The summed E-state index contributed by atoms with van der Waals surface area (Å²) in [5.74, 6) is -2.25. The number of quaternary nitrogens is 1. The lowest BCUT2D eigenvalue weighted by molar-refractivity contribution is -0.870. The highest BCUT2D eigenvalue weighted by atomic mass is 16.7. The van der Waals surface area contributed by atoms with Crippen molar-refractivity contribution in [3.8, 4) is 0 Å². The van der Waals surface area contributed by atoms with Crippen LogP contribution in [0.4, 0.5) is 0 Å². The van der Waals surface area contributed by atoms with Gasteiger partial charge in [-0.3, -0.25) is 9.59 Å². The molecule has 9 heteroatoms. The molecule has 2 unspecified atom stereocenters. The molecular formula is C64H125NO8. The average Bonchev–Trinajstić information content (AvgIpc) is 3.36. The quantitative estimate of drug-likeness (QED) is 0.0256. The third-order valence-electron chi connectivity index (χ3n) is 14.9. The van der Waals surface area contributed by atoms with E-state index in [0.717, 1.165) is 38.5 Å². The maximum Gasteiger partial charge on any atom is 0.306 e. The van der Waals surface area contributed by atoms with Crippen molar-refractivity contribution in [2.24, 2.45) is 0 Å². The van der Waals surface area contributed by atoms with Gasteiger partial charge in [-0.25, -0.2) is 0 Å². The number of ether oxygens (including phenoxy) is 4. The van der Waals surface area contributed by atoms with Gasteiger partial charge in [0.15, 0.2) is 12.4 Å². The molecule has 0 fully saturated rings. The number of carbonyl (C=O) groups is 3. The number of aliphatic carboxylic acids is 1. The predicted octanol–water partition coefficient (Wildman–Crippen LogP) is 17.8. The summed E-state index contributed by atoms with van der Waals surface area (Å²) >= 11 is 0. The van der Waals surface area contributed by atoms with Crippen LogP contribution in [0, 0.1) is 0 Å². The molecule has 0 aliphatic carbocycles. The van der Waals surface area contributed by atoms with Gasteiger partial charge in [0.05, 0.1) is 40.3 Å². The SMILES string of the molecule is CCCCCCCCCCCCCCCCCCCCCCCCCCCCCCCCCCC(=O)OC(COC(=O)CCCCCCCCCCCCCCCCCC)COC(OCC[N+](C)(C)C)C(=O)[O-]. The Labute approximate surface area is 453 Å². The van der Waals surface area contributed by atoms with Crippen molar-refractivity contribution >= 4 is 17.9 Å². The van der Waals surface area contributed by atoms with Crippen LogP contribution in [0.5, 0.6) is 0 Å². The van der Waals surface area contributed by atoms with E-state index in [1.807, 2.05) is 21.1 Å². The Balaban J connectivity index is 4.02. The van der Waals surface area contributed by atoms with E-state index in [2.05, 4.69) is 13.8 Å². The van der Waals surface area contributed by atoms with Crippen molar-refractivity contribution in [3.05, 3.63) is 0 Å². The highest BCUT2D eigenvalue weighted by molar-refractivity contribution is 5.70. The maximum absolute atomic E-state index is 12.9. The molecule has 2 atom stereocenters. The zero-order chi connectivity index (χ0) is 53.4. The van der Waals surface area contributed by atoms with Gasteiger partial charge in [0, 0.05) is 12.8 Å². The minimum Gasteiger partial charge on any atom is -0.545 e. The molecule has 9 nitrogen and oxygen atoms in total. The zero-order valence-electron chi connectivity index (χ0n) is 49.6. The van der Waals surface area contributed by atoms with Crippen LogP contribution in [0.3, 0.4) is 0 Å². The molecule has 434 valence electrons. The fraction of sp³-hybridized carbons (Fsp3) is 0.953. The van der Waals surface area contributed by atoms with Crippen LogP contribution in [0.15, 0.2) is 0 Å². The second-order valence-corrected chi connectivity index (χ2v) is 23.4. The summed E-state index contributed by atoms with van der Waals surface area (Å²) in [4.78, 5) is 37.3. The number of carboxylic acid groups (broad SMARTS) is 1. The Kier molecular flexibility index (Phi) is 55.2. The fourth-order valence-electron chi connectivity index (χ4n) is 9.89. The Morgan fingerprint density at radius 2 is 0.616 bits per heavy atom. The van der Waals surface area contributed by atoms with Crippen molar-refractivity contribution < 1.29 is 42.9 Å².